The number of aryl methyl sites for hydroxylation is 2. The SMILES string of the molecule is Cc1ccsc1CN1CCCn2nc([C@H](O)c3ccccc3)cc2C1. The van der Waals surface area contributed by atoms with Crippen LogP contribution < -0.4 is 0 Å². The number of nitrogens with zero attached hydrogens (tertiary/aromatic N) is 3. The number of hydrogen-bond acceptors (Lipinski definition) is 4. The summed E-state index contributed by atoms with van der Waals surface area (Å²) in [7, 11) is 0. The smallest absolute Gasteiger partial charge is 0.123 e. The molecule has 0 fully saturated rings. The highest BCUT2D eigenvalue weighted by Gasteiger charge is 2.21. The highest BCUT2D eigenvalue weighted by atomic mass is 32.1. The van der Waals surface area contributed by atoms with E-state index in [1.165, 1.54) is 16.1 Å². The van der Waals surface area contributed by atoms with Crippen molar-refractivity contribution in [2.75, 3.05) is 6.54 Å². The number of fused-ring (bicyclic) bond motifs is 1. The van der Waals surface area contributed by atoms with Crippen LogP contribution in [0.25, 0.3) is 0 Å². The largest absolute Gasteiger partial charge is 0.382 e. The molecular weight excluding hydrogens is 330 g/mol. The highest BCUT2D eigenvalue weighted by Crippen LogP contribution is 2.25. The monoisotopic (exact) mass is 353 g/mol. The van der Waals surface area contributed by atoms with Gasteiger partial charge in [-0.3, -0.25) is 9.58 Å². The van der Waals surface area contributed by atoms with Crippen LogP contribution in [0, 0.1) is 6.92 Å². The standard InChI is InChI=1S/C20H23N3OS/c1-15-8-11-25-19(15)14-22-9-5-10-23-17(13-22)12-18(21-23)20(24)16-6-3-2-4-7-16/h2-4,6-8,11-12,20,24H,5,9-10,13-14H2,1H3/t20-/m1/s1. The first kappa shape index (κ1) is 16.5. The summed E-state index contributed by atoms with van der Waals surface area (Å²) >= 11 is 1.83. The van der Waals surface area contributed by atoms with Crippen molar-refractivity contribution in [1.82, 2.24) is 14.7 Å². The molecule has 0 unspecified atom stereocenters. The van der Waals surface area contributed by atoms with Crippen molar-refractivity contribution in [2.45, 2.75) is 39.1 Å². The molecule has 0 spiro atoms. The molecule has 1 aliphatic heterocycles. The molecule has 1 aromatic carbocycles. The number of aliphatic hydroxyl groups is 1. The van der Waals surface area contributed by atoms with Gasteiger partial charge in [0, 0.05) is 31.1 Å². The van der Waals surface area contributed by atoms with Gasteiger partial charge in [0.15, 0.2) is 0 Å². The zero-order valence-corrected chi connectivity index (χ0v) is 15.2. The Labute approximate surface area is 152 Å². The minimum atomic E-state index is -0.659. The van der Waals surface area contributed by atoms with Crippen LogP contribution in [0.4, 0.5) is 0 Å². The van der Waals surface area contributed by atoms with Gasteiger partial charge in [-0.15, -0.1) is 11.3 Å². The molecular formula is C20H23N3OS. The lowest BCUT2D eigenvalue weighted by Crippen LogP contribution is -2.22. The Morgan fingerprint density at radius 3 is 2.80 bits per heavy atom. The normalized spacial score (nSPS) is 16.4. The molecule has 1 atom stereocenters. The second-order valence-corrected chi connectivity index (χ2v) is 7.69. The number of hydrogen-bond donors (Lipinski definition) is 1. The van der Waals surface area contributed by atoms with Crippen LogP contribution >= 0.6 is 11.3 Å². The molecule has 1 N–H and O–H groups in total. The van der Waals surface area contributed by atoms with Crippen LogP contribution in [0.15, 0.2) is 47.8 Å². The van der Waals surface area contributed by atoms with Crippen LogP contribution in [0.2, 0.25) is 0 Å². The zero-order valence-electron chi connectivity index (χ0n) is 14.4. The van der Waals surface area contributed by atoms with Gasteiger partial charge in [-0.1, -0.05) is 30.3 Å². The average molecular weight is 353 g/mol. The van der Waals surface area contributed by atoms with Crippen LogP contribution in [-0.2, 0) is 19.6 Å². The molecule has 3 heterocycles. The first-order valence-corrected chi connectivity index (χ1v) is 9.63. The van der Waals surface area contributed by atoms with Crippen LogP contribution in [-0.4, -0.2) is 26.3 Å². The van der Waals surface area contributed by atoms with Crippen molar-refractivity contribution in [2.24, 2.45) is 0 Å². The summed E-state index contributed by atoms with van der Waals surface area (Å²) in [6, 6.07) is 14.0. The van der Waals surface area contributed by atoms with Gasteiger partial charge in [0.25, 0.3) is 0 Å². The lowest BCUT2D eigenvalue weighted by molar-refractivity contribution is 0.213. The second kappa shape index (κ2) is 7.12. The molecule has 1 aliphatic rings. The molecule has 0 bridgehead atoms. The van der Waals surface area contributed by atoms with Gasteiger partial charge in [-0.2, -0.15) is 5.10 Å². The number of thiophene rings is 1. The third-order valence-electron chi connectivity index (χ3n) is 4.84. The number of benzene rings is 1. The number of aliphatic hydroxyl groups excluding tert-OH is 1. The molecule has 2 aromatic heterocycles. The summed E-state index contributed by atoms with van der Waals surface area (Å²) < 4.78 is 2.07. The first-order chi connectivity index (χ1) is 12.2. The van der Waals surface area contributed by atoms with E-state index in [1.54, 1.807) is 0 Å². The van der Waals surface area contributed by atoms with E-state index in [4.69, 9.17) is 0 Å². The van der Waals surface area contributed by atoms with Gasteiger partial charge in [0.2, 0.25) is 0 Å². The van der Waals surface area contributed by atoms with Crippen LogP contribution in [0.3, 0.4) is 0 Å². The van der Waals surface area contributed by atoms with E-state index in [0.29, 0.717) is 0 Å². The molecule has 0 amide bonds. The summed E-state index contributed by atoms with van der Waals surface area (Å²) in [6.07, 6.45) is 0.425. The first-order valence-electron chi connectivity index (χ1n) is 8.75. The van der Waals surface area contributed by atoms with Gasteiger partial charge in [-0.25, -0.2) is 0 Å². The molecule has 25 heavy (non-hydrogen) atoms. The van der Waals surface area contributed by atoms with Crippen molar-refractivity contribution in [3.63, 3.8) is 0 Å². The quantitative estimate of drug-likeness (QED) is 0.777. The van der Waals surface area contributed by atoms with E-state index >= 15 is 0 Å². The third-order valence-corrected chi connectivity index (χ3v) is 5.85. The molecule has 0 saturated heterocycles. The maximum atomic E-state index is 10.6. The Morgan fingerprint density at radius 2 is 2.04 bits per heavy atom. The van der Waals surface area contributed by atoms with Crippen molar-refractivity contribution >= 4 is 11.3 Å². The Balaban J connectivity index is 1.53. The summed E-state index contributed by atoms with van der Waals surface area (Å²) in [5.74, 6) is 0. The number of aromatic nitrogens is 2. The van der Waals surface area contributed by atoms with Crippen molar-refractivity contribution < 1.29 is 5.11 Å². The van der Waals surface area contributed by atoms with Crippen molar-refractivity contribution in [3.05, 3.63) is 75.2 Å². The maximum Gasteiger partial charge on any atom is 0.123 e. The molecule has 0 aliphatic carbocycles. The minimum absolute atomic E-state index is 0.659. The minimum Gasteiger partial charge on any atom is -0.382 e. The van der Waals surface area contributed by atoms with Gasteiger partial charge in [-0.05, 0) is 42.0 Å². The average Bonchev–Trinajstić information content (AvgIpc) is 3.16. The second-order valence-electron chi connectivity index (χ2n) is 6.69. The summed E-state index contributed by atoms with van der Waals surface area (Å²) in [6.45, 7) is 6.05. The molecule has 0 radical (unpaired) electrons. The van der Waals surface area contributed by atoms with E-state index < -0.39 is 6.10 Å². The molecule has 130 valence electrons. The summed E-state index contributed by atoms with van der Waals surface area (Å²) in [5, 5.41) is 17.5. The maximum absolute atomic E-state index is 10.6. The summed E-state index contributed by atoms with van der Waals surface area (Å²) in [5.41, 5.74) is 4.21. The Kier molecular flexibility index (Phi) is 4.70. The third kappa shape index (κ3) is 3.54. The van der Waals surface area contributed by atoms with Crippen LogP contribution in [0.1, 0.15) is 39.9 Å². The molecule has 3 aromatic rings. The Bertz CT molecular complexity index is 840. The fourth-order valence-electron chi connectivity index (χ4n) is 3.39. The molecule has 4 rings (SSSR count). The topological polar surface area (TPSA) is 41.3 Å². The van der Waals surface area contributed by atoms with E-state index in [9.17, 15) is 5.11 Å². The fourth-order valence-corrected chi connectivity index (χ4v) is 4.34. The van der Waals surface area contributed by atoms with Crippen LogP contribution in [0.5, 0.6) is 0 Å². The van der Waals surface area contributed by atoms with Gasteiger partial charge in [0.05, 0.1) is 11.4 Å². The summed E-state index contributed by atoms with van der Waals surface area (Å²) in [4.78, 5) is 3.93. The Hall–Kier alpha value is -1.95. The zero-order chi connectivity index (χ0) is 17.2. The molecule has 0 saturated carbocycles. The molecule has 4 nitrogen and oxygen atoms in total. The van der Waals surface area contributed by atoms with Gasteiger partial charge in [0.1, 0.15) is 6.10 Å². The fraction of sp³-hybridized carbons (Fsp3) is 0.350. The van der Waals surface area contributed by atoms with Gasteiger partial charge < -0.3 is 5.11 Å². The van der Waals surface area contributed by atoms with E-state index in [2.05, 4.69) is 39.1 Å². The van der Waals surface area contributed by atoms with E-state index in [1.807, 2.05) is 41.7 Å². The van der Waals surface area contributed by atoms with Crippen molar-refractivity contribution in [3.8, 4) is 0 Å². The predicted molar refractivity (Wildman–Crippen MR) is 101 cm³/mol. The molecule has 5 heteroatoms. The van der Waals surface area contributed by atoms with Gasteiger partial charge >= 0.3 is 0 Å². The van der Waals surface area contributed by atoms with Crippen molar-refractivity contribution in [1.29, 1.82) is 0 Å². The lowest BCUT2D eigenvalue weighted by atomic mass is 10.1. The lowest BCUT2D eigenvalue weighted by Gasteiger charge is -2.19. The highest BCUT2D eigenvalue weighted by molar-refractivity contribution is 7.10. The van der Waals surface area contributed by atoms with E-state index in [0.717, 1.165) is 43.9 Å². The van der Waals surface area contributed by atoms with E-state index in [-0.39, 0.29) is 0 Å². The predicted octanol–water partition coefficient (Wildman–Crippen LogP) is 3.74. The number of rotatable bonds is 4. The Morgan fingerprint density at radius 1 is 1.20 bits per heavy atom.